The first-order chi connectivity index (χ1) is 9.14. The molecule has 2 aromatic rings. The fourth-order valence-electron chi connectivity index (χ4n) is 3.09. The number of hydrogen-bond donors (Lipinski definition) is 1. The van der Waals surface area contributed by atoms with Crippen LogP contribution in [0.2, 0.25) is 0 Å². The van der Waals surface area contributed by atoms with Crippen molar-refractivity contribution in [3.63, 3.8) is 0 Å². The largest absolute Gasteiger partial charge is 0.360 e. The summed E-state index contributed by atoms with van der Waals surface area (Å²) in [6.45, 7) is 2.07. The smallest absolute Gasteiger partial charge is 0.170 e. The molecule has 1 heterocycles. The summed E-state index contributed by atoms with van der Waals surface area (Å²) in [4.78, 5) is 15.8. The number of fused-ring (bicyclic) bond motifs is 1. The highest BCUT2D eigenvalue weighted by atomic mass is 16.1. The number of carbonyl (C=O) groups is 1. The Balaban J connectivity index is 2.06. The fraction of sp³-hybridized carbons (Fsp3) is 0.375. The molecule has 3 heteroatoms. The summed E-state index contributed by atoms with van der Waals surface area (Å²) in [6, 6.07) is 7.55. The van der Waals surface area contributed by atoms with E-state index in [9.17, 15) is 4.79 Å². The molecule has 3 nitrogen and oxygen atoms in total. The maximum Gasteiger partial charge on any atom is 0.170 e. The molecule has 0 atom stereocenters. The Morgan fingerprint density at radius 2 is 2.11 bits per heavy atom. The molecule has 96 valence electrons. The molecule has 3 rings (SSSR count). The molecular weight excluding hydrogens is 236 g/mol. The molecule has 1 aromatic heterocycles. The number of hydrogen-bond acceptors (Lipinski definition) is 2. The standard InChI is InChI=1S/C16H16N2O/c1-16(6-2-3-7-16)15(19)13-10-18-14-8-11(9-17)4-5-12(13)14/h4-5,8,10,18H,2-3,6-7H2,1H3. The molecule has 19 heavy (non-hydrogen) atoms. The normalized spacial score (nSPS) is 17.5. The molecule has 1 N–H and O–H groups in total. The molecule has 1 saturated carbocycles. The zero-order valence-electron chi connectivity index (χ0n) is 11.0. The van der Waals surface area contributed by atoms with Gasteiger partial charge in [0.1, 0.15) is 0 Å². The number of rotatable bonds is 2. The van der Waals surface area contributed by atoms with Gasteiger partial charge in [-0.25, -0.2) is 0 Å². The maximum absolute atomic E-state index is 12.7. The fourth-order valence-corrected chi connectivity index (χ4v) is 3.09. The number of nitrogens with zero attached hydrogens (tertiary/aromatic N) is 1. The molecule has 0 saturated heterocycles. The van der Waals surface area contributed by atoms with Gasteiger partial charge in [0.2, 0.25) is 0 Å². The lowest BCUT2D eigenvalue weighted by Gasteiger charge is -2.21. The summed E-state index contributed by atoms with van der Waals surface area (Å²) < 4.78 is 0. The van der Waals surface area contributed by atoms with Crippen LogP contribution in [0.1, 0.15) is 48.5 Å². The average Bonchev–Trinajstić information content (AvgIpc) is 3.04. The lowest BCUT2D eigenvalue weighted by Crippen LogP contribution is -2.24. The van der Waals surface area contributed by atoms with E-state index in [4.69, 9.17) is 5.26 Å². The molecule has 0 unspecified atom stereocenters. The summed E-state index contributed by atoms with van der Waals surface area (Å²) in [5.74, 6) is 0.237. The second-order valence-corrected chi connectivity index (χ2v) is 5.67. The van der Waals surface area contributed by atoms with Crippen LogP contribution >= 0.6 is 0 Å². The van der Waals surface area contributed by atoms with Crippen LogP contribution in [0.5, 0.6) is 0 Å². The zero-order chi connectivity index (χ0) is 13.5. The van der Waals surface area contributed by atoms with E-state index in [1.807, 2.05) is 6.07 Å². The molecule has 1 fully saturated rings. The van der Waals surface area contributed by atoms with Crippen LogP contribution in [0.4, 0.5) is 0 Å². The summed E-state index contributed by atoms with van der Waals surface area (Å²) in [5.41, 5.74) is 2.04. The van der Waals surface area contributed by atoms with Gasteiger partial charge in [-0.15, -0.1) is 0 Å². The first kappa shape index (κ1) is 12.0. The molecular formula is C16H16N2O. The van der Waals surface area contributed by atoms with E-state index < -0.39 is 0 Å². The summed E-state index contributed by atoms with van der Waals surface area (Å²) in [6.07, 6.45) is 6.04. The Bertz CT molecular complexity index is 684. The minimum Gasteiger partial charge on any atom is -0.360 e. The van der Waals surface area contributed by atoms with Gasteiger partial charge in [-0.3, -0.25) is 4.79 Å². The Labute approximate surface area is 112 Å². The Morgan fingerprint density at radius 3 is 2.79 bits per heavy atom. The van der Waals surface area contributed by atoms with Crippen molar-refractivity contribution in [2.24, 2.45) is 5.41 Å². The third kappa shape index (κ3) is 1.84. The number of ketones is 1. The molecule has 1 aliphatic carbocycles. The van der Waals surface area contributed by atoms with Crippen LogP contribution in [0.25, 0.3) is 10.9 Å². The predicted molar refractivity (Wildman–Crippen MR) is 73.9 cm³/mol. The van der Waals surface area contributed by atoms with Gasteiger partial charge in [0.05, 0.1) is 11.6 Å². The van der Waals surface area contributed by atoms with Crippen LogP contribution in [0.15, 0.2) is 24.4 Å². The number of aromatic amines is 1. The quantitative estimate of drug-likeness (QED) is 0.826. The van der Waals surface area contributed by atoms with Crippen LogP contribution in [-0.2, 0) is 0 Å². The molecule has 0 spiro atoms. The van der Waals surface area contributed by atoms with Gasteiger partial charge in [-0.05, 0) is 25.0 Å². The highest BCUT2D eigenvalue weighted by Crippen LogP contribution is 2.41. The van der Waals surface area contributed by atoms with Crippen molar-refractivity contribution in [1.82, 2.24) is 4.98 Å². The average molecular weight is 252 g/mol. The molecule has 1 aromatic carbocycles. The van der Waals surface area contributed by atoms with E-state index in [1.54, 1.807) is 18.3 Å². The molecule has 1 aliphatic rings. The number of nitriles is 1. The van der Waals surface area contributed by atoms with Gasteiger partial charge in [0.15, 0.2) is 5.78 Å². The van der Waals surface area contributed by atoms with Gasteiger partial charge in [-0.2, -0.15) is 5.26 Å². The maximum atomic E-state index is 12.7. The van der Waals surface area contributed by atoms with Gasteiger partial charge in [-0.1, -0.05) is 25.8 Å². The van der Waals surface area contributed by atoms with Gasteiger partial charge >= 0.3 is 0 Å². The third-order valence-corrected chi connectivity index (χ3v) is 4.31. The number of H-pyrrole nitrogens is 1. The van der Waals surface area contributed by atoms with E-state index in [1.165, 1.54) is 0 Å². The van der Waals surface area contributed by atoms with Crippen molar-refractivity contribution in [3.8, 4) is 6.07 Å². The second-order valence-electron chi connectivity index (χ2n) is 5.67. The zero-order valence-corrected chi connectivity index (χ0v) is 11.0. The van der Waals surface area contributed by atoms with Crippen LogP contribution in [0.3, 0.4) is 0 Å². The Morgan fingerprint density at radius 1 is 1.37 bits per heavy atom. The molecule has 0 aliphatic heterocycles. The van der Waals surface area contributed by atoms with Crippen LogP contribution in [0, 0.1) is 16.7 Å². The van der Waals surface area contributed by atoms with Gasteiger partial charge < -0.3 is 4.98 Å². The molecule has 0 amide bonds. The predicted octanol–water partition coefficient (Wildman–Crippen LogP) is 3.80. The van der Waals surface area contributed by atoms with Crippen molar-refractivity contribution in [3.05, 3.63) is 35.5 Å². The van der Waals surface area contributed by atoms with E-state index in [-0.39, 0.29) is 11.2 Å². The summed E-state index contributed by atoms with van der Waals surface area (Å²) in [7, 11) is 0. The summed E-state index contributed by atoms with van der Waals surface area (Å²) >= 11 is 0. The molecule has 0 bridgehead atoms. The number of Topliss-reactive ketones (excluding diaryl/α,β-unsaturated/α-hetero) is 1. The SMILES string of the molecule is CC1(C(=O)c2c[nH]c3cc(C#N)ccc23)CCCC1. The number of benzene rings is 1. The van der Waals surface area contributed by atoms with Crippen molar-refractivity contribution in [1.29, 1.82) is 5.26 Å². The van der Waals surface area contributed by atoms with E-state index >= 15 is 0 Å². The highest BCUT2D eigenvalue weighted by molar-refractivity contribution is 6.10. The monoisotopic (exact) mass is 252 g/mol. The van der Waals surface area contributed by atoms with E-state index in [2.05, 4.69) is 18.0 Å². The first-order valence-corrected chi connectivity index (χ1v) is 6.70. The van der Waals surface area contributed by atoms with Crippen LogP contribution < -0.4 is 0 Å². The highest BCUT2D eigenvalue weighted by Gasteiger charge is 2.37. The number of aromatic nitrogens is 1. The number of nitrogens with one attached hydrogen (secondary N) is 1. The summed E-state index contributed by atoms with van der Waals surface area (Å²) in [5, 5.41) is 9.82. The lowest BCUT2D eigenvalue weighted by atomic mass is 9.81. The van der Waals surface area contributed by atoms with Gasteiger partial charge in [0, 0.05) is 28.1 Å². The van der Waals surface area contributed by atoms with E-state index in [0.29, 0.717) is 5.56 Å². The van der Waals surface area contributed by atoms with Crippen molar-refractivity contribution in [2.75, 3.05) is 0 Å². The minimum absolute atomic E-state index is 0.205. The van der Waals surface area contributed by atoms with Crippen molar-refractivity contribution < 1.29 is 4.79 Å². The van der Waals surface area contributed by atoms with Crippen LogP contribution in [-0.4, -0.2) is 10.8 Å². The minimum atomic E-state index is -0.205. The molecule has 0 radical (unpaired) electrons. The Hall–Kier alpha value is -2.08. The van der Waals surface area contributed by atoms with E-state index in [0.717, 1.165) is 42.1 Å². The second kappa shape index (κ2) is 4.24. The first-order valence-electron chi connectivity index (χ1n) is 6.70. The van der Waals surface area contributed by atoms with Crippen molar-refractivity contribution >= 4 is 16.7 Å². The van der Waals surface area contributed by atoms with Gasteiger partial charge in [0.25, 0.3) is 0 Å². The topological polar surface area (TPSA) is 56.6 Å². The van der Waals surface area contributed by atoms with Crippen molar-refractivity contribution in [2.45, 2.75) is 32.6 Å². The third-order valence-electron chi connectivity index (χ3n) is 4.31. The Kier molecular flexibility index (Phi) is 2.67. The number of carbonyl (C=O) groups excluding carboxylic acids is 1. The lowest BCUT2D eigenvalue weighted by molar-refractivity contribution is 0.0825.